The summed E-state index contributed by atoms with van der Waals surface area (Å²) < 4.78 is 7.90. The van der Waals surface area contributed by atoms with Crippen LogP contribution in [0.3, 0.4) is 0 Å². The zero-order valence-electron chi connectivity index (χ0n) is 10.5. The Labute approximate surface area is 120 Å². The van der Waals surface area contributed by atoms with Gasteiger partial charge in [-0.3, -0.25) is 0 Å². The van der Waals surface area contributed by atoms with Crippen LogP contribution in [-0.4, -0.2) is 17.6 Å². The highest BCUT2D eigenvalue weighted by Crippen LogP contribution is 2.21. The van der Waals surface area contributed by atoms with Crippen LogP contribution in [0.2, 0.25) is 0 Å². The molecule has 4 heteroatoms. The normalized spacial score (nSPS) is 10.4. The van der Waals surface area contributed by atoms with Crippen LogP contribution in [0.4, 0.5) is 0 Å². The molecule has 2 rings (SSSR count). The number of esters is 1. The maximum atomic E-state index is 11.6. The lowest BCUT2D eigenvalue weighted by atomic mass is 10.2. The average Bonchev–Trinajstić information content (AvgIpc) is 2.67. The summed E-state index contributed by atoms with van der Waals surface area (Å²) in [5.74, 6) is -0.308. The van der Waals surface area contributed by atoms with Crippen LogP contribution in [0.25, 0.3) is 5.69 Å². The van der Waals surface area contributed by atoms with Crippen LogP contribution in [0.1, 0.15) is 21.7 Å². The summed E-state index contributed by atoms with van der Waals surface area (Å²) in [6.45, 7) is 4.09. The molecular formula is C14H14INO2. The predicted octanol–water partition coefficient (Wildman–Crippen LogP) is 3.49. The van der Waals surface area contributed by atoms with E-state index in [4.69, 9.17) is 4.74 Å². The van der Waals surface area contributed by atoms with Crippen molar-refractivity contribution in [2.24, 2.45) is 0 Å². The van der Waals surface area contributed by atoms with Gasteiger partial charge in [-0.1, -0.05) is 0 Å². The van der Waals surface area contributed by atoms with Crippen molar-refractivity contribution in [1.29, 1.82) is 0 Å². The maximum Gasteiger partial charge on any atom is 0.337 e. The second-order valence-electron chi connectivity index (χ2n) is 4.14. The van der Waals surface area contributed by atoms with E-state index in [1.54, 1.807) is 0 Å². The number of hydrogen-bond donors (Lipinski definition) is 0. The molecule has 1 aromatic carbocycles. The third kappa shape index (κ3) is 2.43. The summed E-state index contributed by atoms with van der Waals surface area (Å²) in [5.41, 5.74) is 3.85. The summed E-state index contributed by atoms with van der Waals surface area (Å²) in [4.78, 5) is 11.6. The lowest BCUT2D eigenvalue weighted by molar-refractivity contribution is 0.0600. The van der Waals surface area contributed by atoms with Crippen molar-refractivity contribution in [2.75, 3.05) is 7.11 Å². The molecule has 0 atom stereocenters. The second-order valence-corrected chi connectivity index (χ2v) is 5.39. The van der Waals surface area contributed by atoms with Gasteiger partial charge in [-0.05, 0) is 66.8 Å². The molecule has 0 saturated heterocycles. The number of aromatic nitrogens is 1. The summed E-state index contributed by atoms with van der Waals surface area (Å²) in [6.07, 6.45) is 0. The van der Waals surface area contributed by atoms with Gasteiger partial charge in [-0.25, -0.2) is 4.79 Å². The zero-order valence-corrected chi connectivity index (χ0v) is 12.7. The third-order valence-electron chi connectivity index (χ3n) is 2.83. The zero-order chi connectivity index (χ0) is 13.3. The Kier molecular flexibility index (Phi) is 3.75. The fourth-order valence-electron chi connectivity index (χ4n) is 2.01. The Bertz CT molecular complexity index is 582. The van der Waals surface area contributed by atoms with Gasteiger partial charge in [-0.2, -0.15) is 0 Å². The molecule has 0 spiro atoms. The van der Waals surface area contributed by atoms with Crippen molar-refractivity contribution in [3.63, 3.8) is 0 Å². The molecule has 0 aliphatic heterocycles. The van der Waals surface area contributed by atoms with Crippen molar-refractivity contribution < 1.29 is 9.53 Å². The molecule has 2 aromatic rings. The molecule has 94 valence electrons. The van der Waals surface area contributed by atoms with Crippen molar-refractivity contribution in [2.45, 2.75) is 13.8 Å². The Morgan fingerprint density at radius 1 is 1.17 bits per heavy atom. The van der Waals surface area contributed by atoms with E-state index in [1.165, 1.54) is 7.11 Å². The number of methoxy groups -OCH3 is 1. The quantitative estimate of drug-likeness (QED) is 0.610. The second kappa shape index (κ2) is 5.14. The Morgan fingerprint density at radius 2 is 1.78 bits per heavy atom. The standard InChI is InChI=1S/C14H14INO2/c1-9-4-5-10(2)16(9)13-7-11(14(17)18-3)6-12(15)8-13/h4-8H,1-3H3. The number of ether oxygens (including phenoxy) is 1. The van der Waals surface area contributed by atoms with Crippen LogP contribution in [-0.2, 0) is 4.74 Å². The molecule has 3 nitrogen and oxygen atoms in total. The van der Waals surface area contributed by atoms with Gasteiger partial charge in [0.1, 0.15) is 0 Å². The highest BCUT2D eigenvalue weighted by molar-refractivity contribution is 14.1. The van der Waals surface area contributed by atoms with Crippen LogP contribution in [0.15, 0.2) is 30.3 Å². The van der Waals surface area contributed by atoms with E-state index in [0.29, 0.717) is 5.56 Å². The van der Waals surface area contributed by atoms with Gasteiger partial charge in [-0.15, -0.1) is 0 Å². The molecule has 0 N–H and O–H groups in total. The van der Waals surface area contributed by atoms with E-state index in [9.17, 15) is 4.79 Å². The lowest BCUT2D eigenvalue weighted by Crippen LogP contribution is -2.05. The highest BCUT2D eigenvalue weighted by Gasteiger charge is 2.11. The van der Waals surface area contributed by atoms with Crippen molar-refractivity contribution in [3.8, 4) is 5.69 Å². The number of benzene rings is 1. The summed E-state index contributed by atoms with van der Waals surface area (Å²) >= 11 is 2.21. The van der Waals surface area contributed by atoms with Crippen molar-refractivity contribution >= 4 is 28.6 Å². The topological polar surface area (TPSA) is 31.2 Å². The Morgan fingerprint density at radius 3 is 2.33 bits per heavy atom. The molecular weight excluding hydrogens is 341 g/mol. The molecule has 1 aromatic heterocycles. The Hall–Kier alpha value is -1.30. The van der Waals surface area contributed by atoms with Gasteiger partial charge in [0.05, 0.1) is 12.7 Å². The third-order valence-corrected chi connectivity index (χ3v) is 3.46. The SMILES string of the molecule is COC(=O)c1cc(I)cc(-n2c(C)ccc2C)c1. The number of rotatable bonds is 2. The summed E-state index contributed by atoms with van der Waals surface area (Å²) in [5, 5.41) is 0. The van der Waals surface area contributed by atoms with Gasteiger partial charge >= 0.3 is 5.97 Å². The predicted molar refractivity (Wildman–Crippen MR) is 79.3 cm³/mol. The molecule has 1 heterocycles. The number of hydrogen-bond acceptors (Lipinski definition) is 2. The Balaban J connectivity index is 2.59. The van der Waals surface area contributed by atoms with Gasteiger partial charge in [0, 0.05) is 20.6 Å². The van der Waals surface area contributed by atoms with E-state index in [2.05, 4.69) is 39.3 Å². The number of halogens is 1. The summed E-state index contributed by atoms with van der Waals surface area (Å²) in [7, 11) is 1.40. The first-order valence-corrected chi connectivity index (χ1v) is 6.65. The monoisotopic (exact) mass is 355 g/mol. The van der Waals surface area contributed by atoms with E-state index in [-0.39, 0.29) is 5.97 Å². The number of carbonyl (C=O) groups is 1. The first-order chi connectivity index (χ1) is 8.52. The molecule has 0 radical (unpaired) electrons. The van der Waals surface area contributed by atoms with E-state index in [0.717, 1.165) is 20.6 Å². The van der Waals surface area contributed by atoms with Crippen molar-refractivity contribution in [3.05, 3.63) is 50.9 Å². The molecule has 0 saturated carbocycles. The molecule has 0 fully saturated rings. The number of nitrogens with zero attached hydrogens (tertiary/aromatic N) is 1. The van der Waals surface area contributed by atoms with E-state index in [1.807, 2.05) is 32.0 Å². The van der Waals surface area contributed by atoms with Crippen LogP contribution in [0, 0.1) is 17.4 Å². The van der Waals surface area contributed by atoms with Crippen LogP contribution >= 0.6 is 22.6 Å². The highest BCUT2D eigenvalue weighted by atomic mass is 127. The maximum absolute atomic E-state index is 11.6. The van der Waals surface area contributed by atoms with Crippen LogP contribution < -0.4 is 0 Å². The smallest absolute Gasteiger partial charge is 0.337 e. The van der Waals surface area contributed by atoms with Crippen LogP contribution in [0.5, 0.6) is 0 Å². The fraction of sp³-hybridized carbons (Fsp3) is 0.214. The molecule has 0 aliphatic rings. The lowest BCUT2D eigenvalue weighted by Gasteiger charge is -2.11. The fourth-order valence-corrected chi connectivity index (χ4v) is 2.67. The molecule has 18 heavy (non-hydrogen) atoms. The van der Waals surface area contributed by atoms with E-state index >= 15 is 0 Å². The van der Waals surface area contributed by atoms with Gasteiger partial charge < -0.3 is 9.30 Å². The molecule has 0 unspecified atom stereocenters. The minimum absolute atomic E-state index is 0.308. The largest absolute Gasteiger partial charge is 0.465 e. The first kappa shape index (κ1) is 13.1. The van der Waals surface area contributed by atoms with Gasteiger partial charge in [0.15, 0.2) is 0 Å². The minimum atomic E-state index is -0.308. The first-order valence-electron chi connectivity index (χ1n) is 5.57. The average molecular weight is 355 g/mol. The molecule has 0 amide bonds. The van der Waals surface area contributed by atoms with Crippen molar-refractivity contribution in [1.82, 2.24) is 4.57 Å². The summed E-state index contributed by atoms with van der Waals surface area (Å²) in [6, 6.07) is 9.85. The number of aryl methyl sites for hydroxylation is 2. The van der Waals surface area contributed by atoms with Gasteiger partial charge in [0.25, 0.3) is 0 Å². The number of carbonyl (C=O) groups excluding carboxylic acids is 1. The molecule has 0 aliphatic carbocycles. The minimum Gasteiger partial charge on any atom is -0.465 e. The van der Waals surface area contributed by atoms with E-state index < -0.39 is 0 Å². The van der Waals surface area contributed by atoms with Gasteiger partial charge in [0.2, 0.25) is 0 Å². The molecule has 0 bridgehead atoms.